The van der Waals surface area contributed by atoms with Crippen LogP contribution >= 0.6 is 12.4 Å². The monoisotopic (exact) mass is 289 g/mol. The van der Waals surface area contributed by atoms with Gasteiger partial charge in [0.15, 0.2) is 11.5 Å². The number of aliphatic hydroxyl groups excluding tert-OH is 1. The largest absolute Gasteiger partial charge is 0.493 e. The van der Waals surface area contributed by atoms with Crippen molar-refractivity contribution in [1.29, 1.82) is 0 Å². The first-order valence-corrected chi connectivity index (χ1v) is 6.14. The Bertz CT molecular complexity index is 374. The fourth-order valence-electron chi connectivity index (χ4n) is 1.70. The first-order chi connectivity index (χ1) is 8.62. The van der Waals surface area contributed by atoms with Gasteiger partial charge in [0.1, 0.15) is 0 Å². The molecule has 0 saturated heterocycles. The zero-order chi connectivity index (χ0) is 13.5. The summed E-state index contributed by atoms with van der Waals surface area (Å²) in [4.78, 5) is 2.14. The number of likely N-dealkylation sites (N-methyl/N-ethyl adjacent to an activating group) is 1. The molecule has 0 heterocycles. The lowest BCUT2D eigenvalue weighted by atomic mass is 10.1. The lowest BCUT2D eigenvalue weighted by Crippen LogP contribution is -2.33. The number of methoxy groups -OCH3 is 2. The summed E-state index contributed by atoms with van der Waals surface area (Å²) >= 11 is 0. The van der Waals surface area contributed by atoms with E-state index in [1.54, 1.807) is 14.2 Å². The van der Waals surface area contributed by atoms with Crippen LogP contribution in [0.15, 0.2) is 18.2 Å². The molecule has 1 rings (SSSR count). The normalized spacial score (nSPS) is 11.9. The van der Waals surface area contributed by atoms with Crippen molar-refractivity contribution in [2.75, 3.05) is 34.4 Å². The maximum Gasteiger partial charge on any atom is 0.160 e. The van der Waals surface area contributed by atoms with Gasteiger partial charge in [-0.15, -0.1) is 12.4 Å². The van der Waals surface area contributed by atoms with Crippen molar-refractivity contribution in [3.05, 3.63) is 23.8 Å². The van der Waals surface area contributed by atoms with Crippen LogP contribution < -0.4 is 9.47 Å². The maximum absolute atomic E-state index is 9.07. The van der Waals surface area contributed by atoms with Crippen LogP contribution in [0.3, 0.4) is 0 Å². The van der Waals surface area contributed by atoms with E-state index in [0.717, 1.165) is 24.5 Å². The second-order valence-corrected chi connectivity index (χ2v) is 4.45. The van der Waals surface area contributed by atoms with Gasteiger partial charge < -0.3 is 19.5 Å². The highest BCUT2D eigenvalue weighted by Crippen LogP contribution is 2.27. The number of benzene rings is 1. The number of halogens is 1. The highest BCUT2D eigenvalue weighted by Gasteiger charge is 2.09. The predicted octanol–water partition coefficient (Wildman–Crippen LogP) is 1.98. The average molecular weight is 290 g/mol. The molecule has 5 heteroatoms. The molecule has 1 N–H and O–H groups in total. The molecule has 0 saturated carbocycles. The number of hydrogen-bond donors (Lipinski definition) is 1. The zero-order valence-corrected chi connectivity index (χ0v) is 12.9. The van der Waals surface area contributed by atoms with Crippen LogP contribution in [-0.4, -0.2) is 50.5 Å². The van der Waals surface area contributed by atoms with Gasteiger partial charge >= 0.3 is 0 Å². The standard InChI is InChI=1S/C14H23NO3.ClH/c1-11(10-16)15(2)8-7-12-5-6-13(17-3)14(9-12)18-4;/h5-6,9,11,16H,7-8,10H2,1-4H3;1H/t11-;/m0./s1. The number of hydrogen-bond acceptors (Lipinski definition) is 4. The molecular formula is C14H24ClNO3. The van der Waals surface area contributed by atoms with E-state index >= 15 is 0 Å². The predicted molar refractivity (Wildman–Crippen MR) is 79.7 cm³/mol. The van der Waals surface area contributed by atoms with Gasteiger partial charge in [-0.2, -0.15) is 0 Å². The summed E-state index contributed by atoms with van der Waals surface area (Å²) in [6.45, 7) is 3.09. The first kappa shape index (κ1) is 18.0. The van der Waals surface area contributed by atoms with Crippen LogP contribution in [0, 0.1) is 0 Å². The van der Waals surface area contributed by atoms with Crippen molar-refractivity contribution < 1.29 is 14.6 Å². The molecule has 1 atom stereocenters. The molecule has 0 radical (unpaired) electrons. The van der Waals surface area contributed by atoms with Crippen molar-refractivity contribution >= 4 is 12.4 Å². The van der Waals surface area contributed by atoms with Gasteiger partial charge in [0.05, 0.1) is 20.8 Å². The van der Waals surface area contributed by atoms with E-state index < -0.39 is 0 Å². The van der Waals surface area contributed by atoms with Gasteiger partial charge in [-0.25, -0.2) is 0 Å². The Hall–Kier alpha value is -0.970. The number of rotatable bonds is 7. The third-order valence-electron chi connectivity index (χ3n) is 3.22. The van der Waals surface area contributed by atoms with Crippen molar-refractivity contribution in [1.82, 2.24) is 4.90 Å². The molecule has 0 unspecified atom stereocenters. The quantitative estimate of drug-likeness (QED) is 0.833. The Labute approximate surface area is 121 Å². The molecule has 0 aliphatic heterocycles. The molecular weight excluding hydrogens is 266 g/mol. The summed E-state index contributed by atoms with van der Waals surface area (Å²) in [6, 6.07) is 6.14. The molecule has 0 fully saturated rings. The van der Waals surface area contributed by atoms with Gasteiger partial charge in [-0.1, -0.05) is 6.07 Å². The topological polar surface area (TPSA) is 41.9 Å². The van der Waals surface area contributed by atoms with Crippen molar-refractivity contribution in [3.8, 4) is 11.5 Å². The summed E-state index contributed by atoms with van der Waals surface area (Å²) in [6.07, 6.45) is 0.918. The van der Waals surface area contributed by atoms with Crippen LogP contribution in [0.4, 0.5) is 0 Å². The zero-order valence-electron chi connectivity index (χ0n) is 12.0. The Morgan fingerprint density at radius 3 is 2.37 bits per heavy atom. The third kappa shape index (κ3) is 5.27. The van der Waals surface area contributed by atoms with Gasteiger partial charge in [0.2, 0.25) is 0 Å². The van der Waals surface area contributed by atoms with Crippen LogP contribution in [0.5, 0.6) is 11.5 Å². The van der Waals surface area contributed by atoms with E-state index in [0.29, 0.717) is 0 Å². The van der Waals surface area contributed by atoms with Gasteiger partial charge in [0.25, 0.3) is 0 Å². The van der Waals surface area contributed by atoms with E-state index in [1.807, 2.05) is 32.2 Å². The Balaban J connectivity index is 0.00000324. The van der Waals surface area contributed by atoms with E-state index in [2.05, 4.69) is 4.90 Å². The molecule has 0 bridgehead atoms. The van der Waals surface area contributed by atoms with Crippen molar-refractivity contribution in [3.63, 3.8) is 0 Å². The summed E-state index contributed by atoms with van der Waals surface area (Å²) in [5, 5.41) is 9.07. The molecule has 19 heavy (non-hydrogen) atoms. The maximum atomic E-state index is 9.07. The molecule has 0 aliphatic rings. The molecule has 0 aromatic heterocycles. The summed E-state index contributed by atoms with van der Waals surface area (Å²) in [5.41, 5.74) is 1.20. The van der Waals surface area contributed by atoms with E-state index in [1.165, 1.54) is 5.56 Å². The smallest absolute Gasteiger partial charge is 0.160 e. The van der Waals surface area contributed by atoms with Crippen molar-refractivity contribution in [2.45, 2.75) is 19.4 Å². The third-order valence-corrected chi connectivity index (χ3v) is 3.22. The van der Waals surface area contributed by atoms with E-state index in [-0.39, 0.29) is 25.1 Å². The van der Waals surface area contributed by atoms with Gasteiger partial charge in [-0.3, -0.25) is 0 Å². The van der Waals surface area contributed by atoms with Crippen LogP contribution in [-0.2, 0) is 6.42 Å². The second-order valence-electron chi connectivity index (χ2n) is 4.45. The molecule has 4 nitrogen and oxygen atoms in total. The SMILES string of the molecule is COc1ccc(CCN(C)[C@@H](C)CO)cc1OC.Cl. The summed E-state index contributed by atoms with van der Waals surface area (Å²) in [5.74, 6) is 1.51. The van der Waals surface area contributed by atoms with Crippen LogP contribution in [0.1, 0.15) is 12.5 Å². The van der Waals surface area contributed by atoms with Gasteiger partial charge in [-0.05, 0) is 38.1 Å². The average Bonchev–Trinajstić information content (AvgIpc) is 2.43. The molecule has 110 valence electrons. The van der Waals surface area contributed by atoms with Crippen LogP contribution in [0.2, 0.25) is 0 Å². The Morgan fingerprint density at radius 2 is 1.84 bits per heavy atom. The summed E-state index contributed by atoms with van der Waals surface area (Å²) < 4.78 is 10.5. The molecule has 0 aliphatic carbocycles. The first-order valence-electron chi connectivity index (χ1n) is 6.14. The highest BCUT2D eigenvalue weighted by molar-refractivity contribution is 5.85. The van der Waals surface area contributed by atoms with Crippen LogP contribution in [0.25, 0.3) is 0 Å². The Morgan fingerprint density at radius 1 is 1.21 bits per heavy atom. The minimum Gasteiger partial charge on any atom is -0.493 e. The van der Waals surface area contributed by atoms with E-state index in [4.69, 9.17) is 14.6 Å². The van der Waals surface area contributed by atoms with Gasteiger partial charge in [0, 0.05) is 12.6 Å². The second kappa shape index (κ2) is 9.02. The fraction of sp³-hybridized carbons (Fsp3) is 0.571. The molecule has 1 aromatic carbocycles. The highest BCUT2D eigenvalue weighted by atomic mass is 35.5. The number of ether oxygens (including phenoxy) is 2. The lowest BCUT2D eigenvalue weighted by Gasteiger charge is -2.22. The fourth-order valence-corrected chi connectivity index (χ4v) is 1.70. The van der Waals surface area contributed by atoms with E-state index in [9.17, 15) is 0 Å². The van der Waals surface area contributed by atoms with Crippen molar-refractivity contribution in [2.24, 2.45) is 0 Å². The molecule has 1 aromatic rings. The molecule has 0 spiro atoms. The summed E-state index contributed by atoms with van der Waals surface area (Å²) in [7, 11) is 5.29. The number of nitrogens with zero attached hydrogens (tertiary/aromatic N) is 1. The Kier molecular flexibility index (Phi) is 8.56. The minimum atomic E-state index is 0. The minimum absolute atomic E-state index is 0. The number of aliphatic hydroxyl groups is 1. The lowest BCUT2D eigenvalue weighted by molar-refractivity contribution is 0.160. The molecule has 0 amide bonds.